The van der Waals surface area contributed by atoms with Crippen molar-refractivity contribution in [3.63, 3.8) is 0 Å². The van der Waals surface area contributed by atoms with E-state index in [0.717, 1.165) is 29.7 Å². The molecule has 0 atom stereocenters. The molecule has 7 heteroatoms. The van der Waals surface area contributed by atoms with Crippen molar-refractivity contribution in [2.24, 2.45) is 5.92 Å². The van der Waals surface area contributed by atoms with Crippen LogP contribution in [0.5, 0.6) is 0 Å². The largest absolute Gasteiger partial charge is 0.356 e. The molecule has 0 aromatic carbocycles. The molecule has 0 bridgehead atoms. The average molecular weight is 280 g/mol. The van der Waals surface area contributed by atoms with E-state index in [9.17, 15) is 8.42 Å². The smallest absolute Gasteiger partial charge is 0.142 e. The van der Waals surface area contributed by atoms with Gasteiger partial charge in [-0.3, -0.25) is 0 Å². The van der Waals surface area contributed by atoms with E-state index < -0.39 is 10.7 Å². The van der Waals surface area contributed by atoms with Gasteiger partial charge < -0.3 is 9.88 Å². The van der Waals surface area contributed by atoms with E-state index in [1.807, 2.05) is 19.3 Å². The zero-order valence-electron chi connectivity index (χ0n) is 10.6. The first-order valence-electron chi connectivity index (χ1n) is 6.28. The van der Waals surface area contributed by atoms with E-state index in [2.05, 4.69) is 19.9 Å². The summed E-state index contributed by atoms with van der Waals surface area (Å²) in [4.78, 5) is 13.7. The predicted octanol–water partition coefficient (Wildman–Crippen LogP) is 0.784. The van der Waals surface area contributed by atoms with E-state index in [4.69, 9.17) is 0 Å². The number of fused-ring (bicyclic) bond motifs is 1. The molecule has 0 amide bonds. The van der Waals surface area contributed by atoms with Gasteiger partial charge in [-0.15, -0.1) is 0 Å². The number of hydrogen-bond donors (Lipinski definition) is 2. The van der Waals surface area contributed by atoms with Gasteiger partial charge in [0.05, 0.1) is 11.1 Å². The molecule has 3 rings (SSSR count). The first-order valence-corrected chi connectivity index (χ1v) is 7.64. The number of aromatic nitrogens is 3. The fourth-order valence-corrected chi connectivity index (χ4v) is 3.41. The molecule has 2 aromatic heterocycles. The summed E-state index contributed by atoms with van der Waals surface area (Å²) in [5, 5.41) is 1.00. The van der Waals surface area contributed by atoms with E-state index in [1.54, 1.807) is 6.33 Å². The van der Waals surface area contributed by atoms with Gasteiger partial charge >= 0.3 is 0 Å². The second kappa shape index (κ2) is 4.80. The Bertz CT molecular complexity index is 653. The number of hydrogen-bond acceptors (Lipinski definition) is 5. The molecular formula is C12H16N4O2S. The van der Waals surface area contributed by atoms with Crippen LogP contribution in [0.1, 0.15) is 12.8 Å². The lowest BCUT2D eigenvalue weighted by atomic mass is 9.81. The first-order chi connectivity index (χ1) is 9.15. The highest BCUT2D eigenvalue weighted by molar-refractivity contribution is 7.72. The maximum atomic E-state index is 10.7. The maximum absolute atomic E-state index is 10.7. The minimum atomic E-state index is -2.26. The molecule has 6 nitrogen and oxygen atoms in total. The summed E-state index contributed by atoms with van der Waals surface area (Å²) in [6, 6.07) is 2.33. The van der Waals surface area contributed by atoms with E-state index in [-0.39, 0.29) is 0 Å². The monoisotopic (exact) mass is 280 g/mol. The van der Waals surface area contributed by atoms with Gasteiger partial charge in [-0.2, -0.15) is 0 Å². The molecule has 1 aliphatic carbocycles. The van der Waals surface area contributed by atoms with Crippen LogP contribution in [0.25, 0.3) is 11.0 Å². The summed E-state index contributed by atoms with van der Waals surface area (Å²) in [5.41, 5.74) is 0.829. The third-order valence-electron chi connectivity index (χ3n) is 3.83. The van der Waals surface area contributed by atoms with Crippen LogP contribution in [0.2, 0.25) is 0 Å². The zero-order chi connectivity index (χ0) is 13.4. The molecular weight excluding hydrogens is 264 g/mol. The number of thiol groups is 1. The molecule has 1 fully saturated rings. The van der Waals surface area contributed by atoms with Crippen molar-refractivity contribution in [1.29, 1.82) is 0 Å². The quantitative estimate of drug-likeness (QED) is 0.809. The Labute approximate surface area is 112 Å². The van der Waals surface area contributed by atoms with Crippen LogP contribution in [-0.2, 0) is 10.7 Å². The number of H-pyrrole nitrogens is 1. The lowest BCUT2D eigenvalue weighted by molar-refractivity contribution is 0.283. The van der Waals surface area contributed by atoms with Gasteiger partial charge in [-0.05, 0) is 24.8 Å². The molecule has 2 heterocycles. The van der Waals surface area contributed by atoms with Gasteiger partial charge in [0.25, 0.3) is 0 Å². The third kappa shape index (κ3) is 2.30. The van der Waals surface area contributed by atoms with Gasteiger partial charge in [-0.1, -0.05) is 0 Å². The fourth-order valence-electron chi connectivity index (χ4n) is 2.69. The van der Waals surface area contributed by atoms with Crippen molar-refractivity contribution in [3.8, 4) is 0 Å². The van der Waals surface area contributed by atoms with Crippen molar-refractivity contribution in [2.75, 3.05) is 17.7 Å². The Morgan fingerprint density at radius 1 is 1.42 bits per heavy atom. The Morgan fingerprint density at radius 3 is 2.95 bits per heavy atom. The Balaban J connectivity index is 1.75. The van der Waals surface area contributed by atoms with Gasteiger partial charge in [0.1, 0.15) is 28.5 Å². The predicted molar refractivity (Wildman–Crippen MR) is 74.0 cm³/mol. The van der Waals surface area contributed by atoms with Crippen molar-refractivity contribution in [1.82, 2.24) is 15.0 Å². The summed E-state index contributed by atoms with van der Waals surface area (Å²) >= 11 is 0. The molecule has 19 heavy (non-hydrogen) atoms. The minimum Gasteiger partial charge on any atom is -0.356 e. The van der Waals surface area contributed by atoms with Gasteiger partial charge in [0.2, 0.25) is 0 Å². The molecule has 0 spiro atoms. The molecule has 2 aromatic rings. The van der Waals surface area contributed by atoms with Crippen LogP contribution in [0.15, 0.2) is 18.6 Å². The highest BCUT2D eigenvalue weighted by Crippen LogP contribution is 2.34. The standard InChI is InChI=1S/C12H16N4O2S/c1-16(9-4-8(5-9)6-19(17)18)12-10-2-3-13-11(10)14-7-15-12/h2-3,7-9,19H,4-6H2,1H3,(H,13,14,15)/t8-,9+. The van der Waals surface area contributed by atoms with Crippen LogP contribution >= 0.6 is 0 Å². The highest BCUT2D eigenvalue weighted by atomic mass is 32.2. The van der Waals surface area contributed by atoms with Crippen LogP contribution in [0.4, 0.5) is 5.82 Å². The number of rotatable bonds is 4. The van der Waals surface area contributed by atoms with E-state index in [1.165, 1.54) is 0 Å². The summed E-state index contributed by atoms with van der Waals surface area (Å²) in [6.45, 7) is 0. The Kier molecular flexibility index (Phi) is 3.14. The molecule has 0 radical (unpaired) electrons. The third-order valence-corrected chi connectivity index (χ3v) is 4.65. The molecule has 0 unspecified atom stereocenters. The Morgan fingerprint density at radius 2 is 2.21 bits per heavy atom. The molecule has 1 saturated carbocycles. The zero-order valence-corrected chi connectivity index (χ0v) is 11.5. The van der Waals surface area contributed by atoms with Crippen molar-refractivity contribution >= 4 is 27.6 Å². The summed E-state index contributed by atoms with van der Waals surface area (Å²) in [5.74, 6) is 1.52. The maximum Gasteiger partial charge on any atom is 0.142 e. The molecule has 1 aliphatic rings. The number of nitrogens with one attached hydrogen (secondary N) is 1. The first kappa shape index (κ1) is 12.4. The van der Waals surface area contributed by atoms with Crippen molar-refractivity contribution in [2.45, 2.75) is 18.9 Å². The van der Waals surface area contributed by atoms with Gasteiger partial charge in [0.15, 0.2) is 0 Å². The summed E-state index contributed by atoms with van der Waals surface area (Å²) < 4.78 is 21.4. The normalized spacial score (nSPS) is 22.6. The summed E-state index contributed by atoms with van der Waals surface area (Å²) in [7, 11) is -0.250. The van der Waals surface area contributed by atoms with Gasteiger partial charge in [0, 0.05) is 19.3 Å². The Hall–Kier alpha value is -1.63. The van der Waals surface area contributed by atoms with Crippen LogP contribution in [0, 0.1) is 5.92 Å². The number of nitrogens with zero attached hydrogens (tertiary/aromatic N) is 3. The second-order valence-electron chi connectivity index (χ2n) is 5.05. The minimum absolute atomic E-state index is 0.303. The van der Waals surface area contributed by atoms with Crippen LogP contribution in [0.3, 0.4) is 0 Å². The van der Waals surface area contributed by atoms with Crippen LogP contribution in [-0.4, -0.2) is 42.2 Å². The summed E-state index contributed by atoms with van der Waals surface area (Å²) in [6.07, 6.45) is 5.23. The lowest BCUT2D eigenvalue weighted by Gasteiger charge is -2.41. The number of aromatic amines is 1. The molecule has 102 valence electrons. The molecule has 1 N–H and O–H groups in total. The highest BCUT2D eigenvalue weighted by Gasteiger charge is 2.33. The van der Waals surface area contributed by atoms with Crippen molar-refractivity contribution in [3.05, 3.63) is 18.6 Å². The second-order valence-corrected chi connectivity index (χ2v) is 6.09. The SMILES string of the molecule is CN(c1ncnc2[nH]ccc12)[C@H]1C[C@@H](C[SH](=O)=O)C1. The molecule has 0 aliphatic heterocycles. The van der Waals surface area contributed by atoms with Gasteiger partial charge in [-0.25, -0.2) is 18.4 Å². The van der Waals surface area contributed by atoms with E-state index in [0.29, 0.717) is 17.7 Å². The lowest BCUT2D eigenvalue weighted by Crippen LogP contribution is -2.44. The number of anilines is 1. The fraction of sp³-hybridized carbons (Fsp3) is 0.500. The van der Waals surface area contributed by atoms with Crippen LogP contribution < -0.4 is 4.90 Å². The van der Waals surface area contributed by atoms with Crippen molar-refractivity contribution < 1.29 is 8.42 Å². The topological polar surface area (TPSA) is 79.0 Å². The average Bonchev–Trinajstić information content (AvgIpc) is 2.80. The molecule has 0 saturated heterocycles. The van der Waals surface area contributed by atoms with E-state index >= 15 is 0 Å².